The predicted molar refractivity (Wildman–Crippen MR) is 125 cm³/mol. The monoisotopic (exact) mass is 459 g/mol. The third-order valence-electron chi connectivity index (χ3n) is 5.47. The summed E-state index contributed by atoms with van der Waals surface area (Å²) in [5.74, 6) is -0.857. The first-order valence-corrected chi connectivity index (χ1v) is 11.9. The lowest BCUT2D eigenvalue weighted by Gasteiger charge is -2.37. The summed E-state index contributed by atoms with van der Waals surface area (Å²) >= 11 is 1.42. The van der Waals surface area contributed by atoms with E-state index in [1.807, 2.05) is 22.1 Å². The smallest absolute Gasteiger partial charge is 0.338 e. The number of fused-ring (bicyclic) bond motifs is 1. The number of thioether (sulfide) groups is 1. The van der Waals surface area contributed by atoms with Crippen LogP contribution in [0.3, 0.4) is 0 Å². The van der Waals surface area contributed by atoms with Crippen LogP contribution in [0.1, 0.15) is 58.1 Å². The summed E-state index contributed by atoms with van der Waals surface area (Å²) in [6.07, 6.45) is 2.49. The Labute approximate surface area is 193 Å². The van der Waals surface area contributed by atoms with E-state index in [0.717, 1.165) is 18.5 Å². The highest BCUT2D eigenvalue weighted by Crippen LogP contribution is 2.45. The van der Waals surface area contributed by atoms with Crippen LogP contribution in [0.25, 0.3) is 0 Å². The van der Waals surface area contributed by atoms with Crippen molar-refractivity contribution in [2.75, 3.05) is 20.2 Å². The summed E-state index contributed by atoms with van der Waals surface area (Å²) in [7, 11) is 1.33. The Hall–Kier alpha value is -2.61. The molecule has 8 heteroatoms. The number of aliphatic imine (C=N–C) groups is 1. The molecule has 0 aromatic heterocycles. The second-order valence-corrected chi connectivity index (χ2v) is 8.55. The fraction of sp³-hybridized carbons (Fsp3) is 0.458. The molecule has 2 heterocycles. The Morgan fingerprint density at radius 1 is 1.22 bits per heavy atom. The summed E-state index contributed by atoms with van der Waals surface area (Å²) in [5, 5.41) is 2.59. The highest BCUT2D eigenvalue weighted by Gasteiger charge is 2.41. The molecule has 2 aliphatic heterocycles. The lowest BCUT2D eigenvalue weighted by atomic mass is 9.92. The van der Waals surface area contributed by atoms with Gasteiger partial charge in [0.25, 0.3) is 0 Å². The van der Waals surface area contributed by atoms with Crippen LogP contribution in [0.4, 0.5) is 4.39 Å². The average molecular weight is 460 g/mol. The first-order valence-electron chi connectivity index (χ1n) is 11.0. The van der Waals surface area contributed by atoms with Crippen molar-refractivity contribution in [1.82, 2.24) is 9.80 Å². The molecule has 0 N–H and O–H groups in total. The fourth-order valence-electron chi connectivity index (χ4n) is 4.07. The zero-order valence-corrected chi connectivity index (χ0v) is 19.9. The van der Waals surface area contributed by atoms with Gasteiger partial charge in [0.05, 0.1) is 30.8 Å². The normalized spacial score (nSPS) is 17.7. The SMILES string of the molecule is CCCN(CCC)C(=O)CC1=CSC2=NC(CC)=C(C(=O)OC)C(c3cccc(F)c3)N12. The number of esters is 1. The van der Waals surface area contributed by atoms with Crippen molar-refractivity contribution in [2.24, 2.45) is 4.99 Å². The van der Waals surface area contributed by atoms with Crippen molar-refractivity contribution in [3.05, 3.63) is 58.0 Å². The Bertz CT molecular complexity index is 967. The van der Waals surface area contributed by atoms with Gasteiger partial charge in [-0.3, -0.25) is 4.79 Å². The van der Waals surface area contributed by atoms with Gasteiger partial charge in [-0.1, -0.05) is 44.7 Å². The molecule has 1 aromatic carbocycles. The van der Waals surface area contributed by atoms with Gasteiger partial charge in [-0.05, 0) is 42.4 Å². The summed E-state index contributed by atoms with van der Waals surface area (Å²) in [4.78, 5) is 34.4. The van der Waals surface area contributed by atoms with Crippen LogP contribution in [-0.2, 0) is 14.3 Å². The Kier molecular flexibility index (Phi) is 8.12. The second-order valence-electron chi connectivity index (χ2n) is 7.71. The molecule has 1 aromatic rings. The highest BCUT2D eigenvalue weighted by atomic mass is 32.2. The van der Waals surface area contributed by atoms with Crippen LogP contribution >= 0.6 is 11.8 Å². The Morgan fingerprint density at radius 3 is 2.53 bits per heavy atom. The Morgan fingerprint density at radius 2 is 1.94 bits per heavy atom. The molecule has 0 aliphatic carbocycles. The number of benzene rings is 1. The van der Waals surface area contributed by atoms with E-state index in [4.69, 9.17) is 9.73 Å². The fourth-order valence-corrected chi connectivity index (χ4v) is 5.01. The molecule has 3 rings (SSSR count). The molecule has 1 amide bonds. The van der Waals surface area contributed by atoms with Gasteiger partial charge in [-0.2, -0.15) is 0 Å². The largest absolute Gasteiger partial charge is 0.466 e. The minimum absolute atomic E-state index is 0.0321. The van der Waals surface area contributed by atoms with Crippen LogP contribution in [0.15, 0.2) is 51.6 Å². The number of hydrogen-bond donors (Lipinski definition) is 0. The highest BCUT2D eigenvalue weighted by molar-refractivity contribution is 8.16. The van der Waals surface area contributed by atoms with Crippen LogP contribution < -0.4 is 0 Å². The summed E-state index contributed by atoms with van der Waals surface area (Å²) < 4.78 is 19.3. The number of halogens is 1. The maximum atomic E-state index is 14.2. The van der Waals surface area contributed by atoms with Gasteiger partial charge in [0.2, 0.25) is 5.91 Å². The van der Waals surface area contributed by atoms with Gasteiger partial charge in [0.1, 0.15) is 5.82 Å². The number of amidine groups is 1. The van der Waals surface area contributed by atoms with Crippen LogP contribution in [-0.4, -0.2) is 47.0 Å². The van der Waals surface area contributed by atoms with Crippen LogP contribution in [0.5, 0.6) is 0 Å². The van der Waals surface area contributed by atoms with E-state index in [2.05, 4.69) is 13.8 Å². The van der Waals surface area contributed by atoms with Crippen LogP contribution in [0, 0.1) is 5.82 Å². The molecule has 172 valence electrons. The first kappa shape index (κ1) is 24.0. The van der Waals surface area contributed by atoms with Gasteiger partial charge < -0.3 is 14.5 Å². The van der Waals surface area contributed by atoms with Crippen molar-refractivity contribution < 1.29 is 18.7 Å². The molecule has 0 spiro atoms. The molecule has 1 unspecified atom stereocenters. The van der Waals surface area contributed by atoms with Crippen molar-refractivity contribution >= 4 is 28.8 Å². The maximum absolute atomic E-state index is 14.2. The standard InChI is InChI=1S/C24H30FN3O3S/c1-5-11-27(12-6-2)20(29)14-18-15-32-24-26-19(7-3)21(23(30)31-4)22(28(18)24)16-9-8-10-17(25)13-16/h8-10,13,15,22H,5-7,11-12,14H2,1-4H3. The second kappa shape index (κ2) is 10.8. The summed E-state index contributed by atoms with van der Waals surface area (Å²) in [6, 6.07) is 5.59. The summed E-state index contributed by atoms with van der Waals surface area (Å²) in [5.41, 5.74) is 2.36. The molecular weight excluding hydrogens is 429 g/mol. The topological polar surface area (TPSA) is 62.2 Å². The van der Waals surface area contributed by atoms with Gasteiger partial charge >= 0.3 is 5.97 Å². The lowest BCUT2D eigenvalue weighted by Crippen LogP contribution is -2.39. The van der Waals surface area contributed by atoms with Gasteiger partial charge in [-0.15, -0.1) is 0 Å². The van der Waals surface area contributed by atoms with Crippen LogP contribution in [0.2, 0.25) is 0 Å². The molecule has 0 saturated heterocycles. The molecule has 0 saturated carbocycles. The number of ether oxygens (including phenoxy) is 1. The molecule has 0 fully saturated rings. The van der Waals surface area contributed by atoms with Crippen molar-refractivity contribution in [1.29, 1.82) is 0 Å². The average Bonchev–Trinajstić information content (AvgIpc) is 3.19. The number of nitrogens with zero attached hydrogens (tertiary/aromatic N) is 3. The van der Waals surface area contributed by atoms with E-state index in [0.29, 0.717) is 41.5 Å². The molecule has 1 atom stereocenters. The van der Waals surface area contributed by atoms with Crippen molar-refractivity contribution in [2.45, 2.75) is 52.5 Å². The van der Waals surface area contributed by atoms with E-state index in [-0.39, 0.29) is 18.1 Å². The number of allylic oxidation sites excluding steroid dienone is 1. The maximum Gasteiger partial charge on any atom is 0.338 e. The number of methoxy groups -OCH3 is 1. The third kappa shape index (κ3) is 4.90. The Balaban J connectivity index is 2.03. The number of rotatable bonds is 9. The number of carbonyl (C=O) groups is 2. The first-order chi connectivity index (χ1) is 15.4. The zero-order valence-electron chi connectivity index (χ0n) is 19.1. The summed E-state index contributed by atoms with van der Waals surface area (Å²) in [6.45, 7) is 7.43. The molecule has 6 nitrogen and oxygen atoms in total. The van der Waals surface area contributed by atoms with E-state index >= 15 is 0 Å². The van der Waals surface area contributed by atoms with Gasteiger partial charge in [0.15, 0.2) is 5.17 Å². The third-order valence-corrected chi connectivity index (χ3v) is 6.35. The molecule has 0 bridgehead atoms. The van der Waals surface area contributed by atoms with E-state index < -0.39 is 12.0 Å². The number of carbonyl (C=O) groups excluding carboxylic acids is 2. The molecule has 32 heavy (non-hydrogen) atoms. The minimum Gasteiger partial charge on any atom is -0.466 e. The zero-order chi connectivity index (χ0) is 23.3. The van der Waals surface area contributed by atoms with Crippen molar-refractivity contribution in [3.8, 4) is 0 Å². The van der Waals surface area contributed by atoms with Gasteiger partial charge in [-0.25, -0.2) is 14.2 Å². The quantitative estimate of drug-likeness (QED) is 0.486. The molecular formula is C24H30FN3O3S. The van der Waals surface area contributed by atoms with E-state index in [9.17, 15) is 14.0 Å². The number of amides is 1. The predicted octanol–water partition coefficient (Wildman–Crippen LogP) is 5.00. The van der Waals surface area contributed by atoms with E-state index in [1.54, 1.807) is 12.1 Å². The number of hydrogen-bond acceptors (Lipinski definition) is 6. The minimum atomic E-state index is -0.611. The lowest BCUT2D eigenvalue weighted by molar-refractivity contribution is -0.136. The van der Waals surface area contributed by atoms with Gasteiger partial charge in [0, 0.05) is 18.8 Å². The molecule has 2 aliphatic rings. The van der Waals surface area contributed by atoms with Crippen molar-refractivity contribution in [3.63, 3.8) is 0 Å². The molecule has 0 radical (unpaired) electrons. The van der Waals surface area contributed by atoms with E-state index in [1.165, 1.54) is 31.0 Å².